The zero-order valence-electron chi connectivity index (χ0n) is 12.8. The molecule has 2 N–H and O–H groups in total. The molecule has 21 heavy (non-hydrogen) atoms. The van der Waals surface area contributed by atoms with Crippen LogP contribution in [-0.4, -0.2) is 42.6 Å². The van der Waals surface area contributed by atoms with E-state index in [0.29, 0.717) is 12.5 Å². The minimum Gasteiger partial charge on any atom is -0.383 e. The Hall–Kier alpha value is -1.53. The smallest absolute Gasteiger partial charge is 0.237 e. The Morgan fingerprint density at radius 2 is 2.05 bits per heavy atom. The van der Waals surface area contributed by atoms with Gasteiger partial charge in [-0.15, -0.1) is 0 Å². The van der Waals surface area contributed by atoms with Crippen LogP contribution >= 0.6 is 0 Å². The van der Waals surface area contributed by atoms with Crippen molar-refractivity contribution in [1.29, 1.82) is 0 Å². The van der Waals surface area contributed by atoms with Crippen molar-refractivity contribution in [2.24, 2.45) is 0 Å². The molecule has 0 aliphatic rings. The summed E-state index contributed by atoms with van der Waals surface area (Å²) in [5, 5.41) is 12.9. The maximum atomic E-state index is 13.7. The van der Waals surface area contributed by atoms with E-state index in [1.54, 1.807) is 19.0 Å². The lowest BCUT2D eigenvalue weighted by atomic mass is 9.95. The number of aliphatic hydroxyl groups is 1. The van der Waals surface area contributed by atoms with Crippen molar-refractivity contribution in [3.8, 4) is 0 Å². The number of likely N-dealkylation sites (N-methyl/N-ethyl adjacent to an activating group) is 1. The number of rotatable bonds is 6. The second-order valence-electron chi connectivity index (χ2n) is 5.50. The standard InChI is InChI=1S/C15H22F2N2O2/c1-5-13(19(3)4)14(20)18-9-15(2,21)11-7-6-10(16)8-12(11)17/h6-8,13,21H,5,9H2,1-4H3,(H,18,20). The Morgan fingerprint density at radius 3 is 2.52 bits per heavy atom. The molecule has 0 saturated carbocycles. The molecule has 4 nitrogen and oxygen atoms in total. The lowest BCUT2D eigenvalue weighted by molar-refractivity contribution is -0.126. The van der Waals surface area contributed by atoms with Gasteiger partial charge in [-0.2, -0.15) is 0 Å². The van der Waals surface area contributed by atoms with Crippen molar-refractivity contribution < 1.29 is 18.7 Å². The minimum atomic E-state index is -1.61. The fourth-order valence-electron chi connectivity index (χ4n) is 2.18. The van der Waals surface area contributed by atoms with Crippen molar-refractivity contribution in [2.75, 3.05) is 20.6 Å². The summed E-state index contributed by atoms with van der Waals surface area (Å²) in [6.45, 7) is 3.10. The van der Waals surface area contributed by atoms with Crippen molar-refractivity contribution in [2.45, 2.75) is 31.9 Å². The lowest BCUT2D eigenvalue weighted by Crippen LogP contribution is -2.47. The number of hydrogen-bond donors (Lipinski definition) is 2. The van der Waals surface area contributed by atoms with E-state index in [0.717, 1.165) is 6.07 Å². The molecule has 6 heteroatoms. The minimum absolute atomic E-state index is 0.0536. The molecule has 2 unspecified atom stereocenters. The molecular formula is C15H22F2N2O2. The maximum absolute atomic E-state index is 13.7. The Balaban J connectivity index is 2.79. The highest BCUT2D eigenvalue weighted by atomic mass is 19.1. The second kappa shape index (κ2) is 6.95. The van der Waals surface area contributed by atoms with Gasteiger partial charge < -0.3 is 10.4 Å². The van der Waals surface area contributed by atoms with Crippen LogP contribution < -0.4 is 5.32 Å². The number of nitrogens with zero attached hydrogens (tertiary/aromatic N) is 1. The van der Waals surface area contributed by atoms with E-state index < -0.39 is 17.2 Å². The van der Waals surface area contributed by atoms with E-state index in [4.69, 9.17) is 0 Å². The fraction of sp³-hybridized carbons (Fsp3) is 0.533. The molecule has 0 fully saturated rings. The summed E-state index contributed by atoms with van der Waals surface area (Å²) in [6, 6.07) is 2.64. The predicted octanol–water partition coefficient (Wildman–Crippen LogP) is 1.63. The van der Waals surface area contributed by atoms with Gasteiger partial charge in [-0.05, 0) is 33.5 Å². The van der Waals surface area contributed by atoms with Crippen LogP contribution in [0.4, 0.5) is 8.78 Å². The summed E-state index contributed by atoms with van der Waals surface area (Å²) in [5.41, 5.74) is -1.67. The van der Waals surface area contributed by atoms with Gasteiger partial charge in [0.1, 0.15) is 17.2 Å². The highest BCUT2D eigenvalue weighted by molar-refractivity contribution is 5.81. The fourth-order valence-corrected chi connectivity index (χ4v) is 2.18. The Kier molecular flexibility index (Phi) is 5.80. The summed E-state index contributed by atoms with van der Waals surface area (Å²) >= 11 is 0. The Bertz CT molecular complexity index is 504. The van der Waals surface area contributed by atoms with Gasteiger partial charge in [-0.1, -0.05) is 13.0 Å². The third kappa shape index (κ3) is 4.47. The van der Waals surface area contributed by atoms with Crippen LogP contribution in [0.2, 0.25) is 0 Å². The summed E-state index contributed by atoms with van der Waals surface area (Å²) in [5.74, 6) is -1.80. The molecule has 0 saturated heterocycles. The third-order valence-electron chi connectivity index (χ3n) is 3.43. The van der Waals surface area contributed by atoms with Gasteiger partial charge >= 0.3 is 0 Å². The molecule has 1 rings (SSSR count). The molecule has 0 aliphatic heterocycles. The SMILES string of the molecule is CCC(C(=O)NCC(C)(O)c1ccc(F)cc1F)N(C)C. The largest absolute Gasteiger partial charge is 0.383 e. The molecule has 1 amide bonds. The van der Waals surface area contributed by atoms with Crippen molar-refractivity contribution >= 4 is 5.91 Å². The quantitative estimate of drug-likeness (QED) is 0.839. The molecule has 0 radical (unpaired) electrons. The zero-order valence-corrected chi connectivity index (χ0v) is 12.8. The zero-order chi connectivity index (χ0) is 16.2. The molecular weight excluding hydrogens is 278 g/mol. The Morgan fingerprint density at radius 1 is 1.43 bits per heavy atom. The van der Waals surface area contributed by atoms with E-state index in [9.17, 15) is 18.7 Å². The van der Waals surface area contributed by atoms with Crippen LogP contribution in [0.25, 0.3) is 0 Å². The number of benzene rings is 1. The molecule has 1 aromatic carbocycles. The molecule has 118 valence electrons. The first-order valence-electron chi connectivity index (χ1n) is 6.81. The van der Waals surface area contributed by atoms with Crippen LogP contribution in [0.1, 0.15) is 25.8 Å². The summed E-state index contributed by atoms with van der Waals surface area (Å²) in [4.78, 5) is 13.8. The number of nitrogens with one attached hydrogen (secondary N) is 1. The number of halogens is 2. The number of carbonyl (C=O) groups is 1. The van der Waals surface area contributed by atoms with Crippen LogP contribution in [0.5, 0.6) is 0 Å². The molecule has 0 heterocycles. The Labute approximate surface area is 123 Å². The first-order chi connectivity index (χ1) is 9.69. The van der Waals surface area contributed by atoms with Crippen molar-refractivity contribution in [3.05, 3.63) is 35.4 Å². The number of amides is 1. The molecule has 1 aromatic rings. The average molecular weight is 300 g/mol. The van der Waals surface area contributed by atoms with E-state index >= 15 is 0 Å². The van der Waals surface area contributed by atoms with Gasteiger partial charge in [-0.3, -0.25) is 9.69 Å². The topological polar surface area (TPSA) is 52.6 Å². The van der Waals surface area contributed by atoms with Gasteiger partial charge in [-0.25, -0.2) is 8.78 Å². The van der Waals surface area contributed by atoms with Gasteiger partial charge in [0.25, 0.3) is 0 Å². The summed E-state index contributed by atoms with van der Waals surface area (Å²) < 4.78 is 26.6. The summed E-state index contributed by atoms with van der Waals surface area (Å²) in [7, 11) is 3.57. The van der Waals surface area contributed by atoms with Gasteiger partial charge in [0.2, 0.25) is 5.91 Å². The van der Waals surface area contributed by atoms with Crippen LogP contribution in [0.3, 0.4) is 0 Å². The average Bonchev–Trinajstić information content (AvgIpc) is 2.36. The monoisotopic (exact) mass is 300 g/mol. The lowest BCUT2D eigenvalue weighted by Gasteiger charge is -2.27. The van der Waals surface area contributed by atoms with Gasteiger partial charge in [0, 0.05) is 11.6 Å². The third-order valence-corrected chi connectivity index (χ3v) is 3.43. The van der Waals surface area contributed by atoms with Crippen LogP contribution in [-0.2, 0) is 10.4 Å². The summed E-state index contributed by atoms with van der Waals surface area (Å²) in [6.07, 6.45) is 0.617. The molecule has 0 spiro atoms. The normalized spacial score (nSPS) is 15.6. The molecule has 0 aliphatic carbocycles. The molecule has 0 aromatic heterocycles. The highest BCUT2D eigenvalue weighted by Gasteiger charge is 2.29. The van der Waals surface area contributed by atoms with E-state index in [-0.39, 0.29) is 24.1 Å². The van der Waals surface area contributed by atoms with Crippen LogP contribution in [0, 0.1) is 11.6 Å². The van der Waals surface area contributed by atoms with Gasteiger partial charge in [0.05, 0.1) is 12.6 Å². The molecule has 0 bridgehead atoms. The second-order valence-corrected chi connectivity index (χ2v) is 5.50. The highest BCUT2D eigenvalue weighted by Crippen LogP contribution is 2.23. The van der Waals surface area contributed by atoms with E-state index in [1.165, 1.54) is 13.0 Å². The van der Waals surface area contributed by atoms with E-state index in [1.807, 2.05) is 6.92 Å². The first kappa shape index (κ1) is 17.5. The van der Waals surface area contributed by atoms with Crippen molar-refractivity contribution in [3.63, 3.8) is 0 Å². The maximum Gasteiger partial charge on any atom is 0.237 e. The number of hydrogen-bond acceptors (Lipinski definition) is 3. The first-order valence-corrected chi connectivity index (χ1v) is 6.81. The van der Waals surface area contributed by atoms with Gasteiger partial charge in [0.15, 0.2) is 0 Å². The predicted molar refractivity (Wildman–Crippen MR) is 76.7 cm³/mol. The number of carbonyl (C=O) groups excluding carboxylic acids is 1. The van der Waals surface area contributed by atoms with Crippen molar-refractivity contribution in [1.82, 2.24) is 10.2 Å². The molecule has 2 atom stereocenters. The van der Waals surface area contributed by atoms with E-state index in [2.05, 4.69) is 5.32 Å². The van der Waals surface area contributed by atoms with Crippen LogP contribution in [0.15, 0.2) is 18.2 Å².